The molecule has 0 spiro atoms. The Labute approximate surface area is 96.0 Å². The van der Waals surface area contributed by atoms with E-state index in [0.29, 0.717) is 23.4 Å². The summed E-state index contributed by atoms with van der Waals surface area (Å²) >= 11 is 0. The fraction of sp³-hybridized carbons (Fsp3) is 0.200. The van der Waals surface area contributed by atoms with Gasteiger partial charge in [-0.1, -0.05) is 0 Å². The number of aromatic amines is 1. The number of carbonyl (C=O) groups is 1. The Morgan fingerprint density at radius 3 is 2.88 bits per heavy atom. The lowest BCUT2D eigenvalue weighted by atomic mass is 10.1. The lowest BCUT2D eigenvalue weighted by Crippen LogP contribution is -2.11. The van der Waals surface area contributed by atoms with Crippen LogP contribution in [0.5, 0.6) is 0 Å². The van der Waals surface area contributed by atoms with E-state index in [4.69, 9.17) is 5.73 Å². The molecule has 1 aromatic carbocycles. The lowest BCUT2D eigenvalue weighted by molar-refractivity contribution is -0.117. The second kappa shape index (κ2) is 4.69. The van der Waals surface area contributed by atoms with Crippen molar-refractivity contribution in [3.05, 3.63) is 29.6 Å². The molecule has 0 aliphatic carbocycles. The minimum Gasteiger partial charge on any atom is -0.370 e. The Balaban J connectivity index is 2.26. The van der Waals surface area contributed by atoms with Crippen LogP contribution in [0, 0.1) is 5.82 Å². The minimum atomic E-state index is -0.419. The number of rotatable bonds is 4. The zero-order valence-corrected chi connectivity index (χ0v) is 8.85. The number of halogens is 1. The van der Waals surface area contributed by atoms with Crippen LogP contribution in [0.4, 0.5) is 4.39 Å². The second-order valence-electron chi connectivity index (χ2n) is 3.56. The summed E-state index contributed by atoms with van der Waals surface area (Å²) in [4.78, 5) is 10.7. The van der Waals surface area contributed by atoms with E-state index in [1.54, 1.807) is 6.07 Å². The fourth-order valence-corrected chi connectivity index (χ4v) is 1.48. The van der Waals surface area contributed by atoms with Crippen molar-refractivity contribution in [3.63, 3.8) is 0 Å². The third-order valence-electron chi connectivity index (χ3n) is 2.24. The fourth-order valence-electron chi connectivity index (χ4n) is 1.48. The summed E-state index contributed by atoms with van der Waals surface area (Å²) in [6.45, 7) is 0. The number of hydrogen-bond acceptors (Lipinski definition) is 4. The van der Waals surface area contributed by atoms with Crippen LogP contribution >= 0.6 is 0 Å². The van der Waals surface area contributed by atoms with E-state index in [2.05, 4.69) is 20.6 Å². The quantitative estimate of drug-likeness (QED) is 0.802. The van der Waals surface area contributed by atoms with Crippen LogP contribution in [0.15, 0.2) is 18.2 Å². The Kier molecular flexibility index (Phi) is 3.08. The molecule has 0 radical (unpaired) electrons. The third-order valence-corrected chi connectivity index (χ3v) is 2.24. The maximum Gasteiger partial charge on any atom is 0.217 e. The molecule has 6 nitrogen and oxygen atoms in total. The number of amides is 1. The number of primary amides is 1. The van der Waals surface area contributed by atoms with Gasteiger partial charge in [-0.3, -0.25) is 4.79 Å². The summed E-state index contributed by atoms with van der Waals surface area (Å²) in [7, 11) is 0. The molecule has 88 valence electrons. The molecular weight excluding hydrogens is 225 g/mol. The predicted octanol–water partition coefficient (Wildman–Crippen LogP) is 0.424. The van der Waals surface area contributed by atoms with Crippen LogP contribution in [0.2, 0.25) is 0 Å². The first kappa shape index (κ1) is 11.2. The first-order valence-electron chi connectivity index (χ1n) is 4.97. The van der Waals surface area contributed by atoms with Gasteiger partial charge < -0.3 is 5.73 Å². The number of aryl methyl sites for hydroxylation is 1. The highest BCUT2D eigenvalue weighted by Crippen LogP contribution is 2.18. The molecule has 7 heteroatoms. The number of nitrogens with one attached hydrogen (secondary N) is 1. The summed E-state index contributed by atoms with van der Waals surface area (Å²) < 4.78 is 13.3. The molecule has 2 aromatic rings. The summed E-state index contributed by atoms with van der Waals surface area (Å²) in [6, 6.07) is 4.39. The number of aromatic nitrogens is 4. The molecule has 1 amide bonds. The molecule has 0 fully saturated rings. The van der Waals surface area contributed by atoms with Gasteiger partial charge in [0.05, 0.1) is 0 Å². The molecule has 1 heterocycles. The average Bonchev–Trinajstić information content (AvgIpc) is 2.79. The van der Waals surface area contributed by atoms with Gasteiger partial charge >= 0.3 is 0 Å². The molecule has 17 heavy (non-hydrogen) atoms. The third kappa shape index (κ3) is 2.83. The van der Waals surface area contributed by atoms with Crippen molar-refractivity contribution < 1.29 is 9.18 Å². The molecule has 0 saturated heterocycles. The Hall–Kier alpha value is -2.31. The summed E-state index contributed by atoms with van der Waals surface area (Å²) in [5, 5.41) is 13.1. The summed E-state index contributed by atoms with van der Waals surface area (Å²) in [5.41, 5.74) is 6.25. The van der Waals surface area contributed by atoms with Crippen molar-refractivity contribution in [2.24, 2.45) is 5.73 Å². The summed E-state index contributed by atoms with van der Waals surface area (Å²) in [5.74, 6) is -0.444. The van der Waals surface area contributed by atoms with Crippen molar-refractivity contribution in [2.45, 2.75) is 12.8 Å². The van der Waals surface area contributed by atoms with E-state index in [-0.39, 0.29) is 6.42 Å². The zero-order chi connectivity index (χ0) is 12.3. The van der Waals surface area contributed by atoms with Gasteiger partial charge in [0, 0.05) is 12.0 Å². The monoisotopic (exact) mass is 235 g/mol. The molecule has 1 aromatic heterocycles. The molecule has 0 atom stereocenters. The number of tetrazole rings is 1. The molecule has 0 unspecified atom stereocenters. The number of carbonyl (C=O) groups excluding carboxylic acids is 1. The van der Waals surface area contributed by atoms with Crippen LogP contribution in [0.1, 0.15) is 12.0 Å². The topological polar surface area (TPSA) is 97.6 Å². The summed E-state index contributed by atoms with van der Waals surface area (Å²) in [6.07, 6.45) is 0.569. The van der Waals surface area contributed by atoms with E-state index in [9.17, 15) is 9.18 Å². The van der Waals surface area contributed by atoms with Crippen LogP contribution in [-0.4, -0.2) is 26.5 Å². The largest absolute Gasteiger partial charge is 0.370 e. The standard InChI is InChI=1S/C10H10FN5O/c11-8-4-6(1-2-9(12)17)3-7(5-8)10-13-15-16-14-10/h3-5H,1-2H2,(H2,12,17)(H,13,14,15,16). The highest BCUT2D eigenvalue weighted by atomic mass is 19.1. The van der Waals surface area contributed by atoms with Gasteiger partial charge in [0.1, 0.15) is 5.82 Å². The van der Waals surface area contributed by atoms with Crippen molar-refractivity contribution in [2.75, 3.05) is 0 Å². The molecule has 0 saturated carbocycles. The van der Waals surface area contributed by atoms with Crippen LogP contribution < -0.4 is 5.73 Å². The van der Waals surface area contributed by atoms with Gasteiger partial charge in [0.25, 0.3) is 0 Å². The van der Waals surface area contributed by atoms with E-state index in [1.807, 2.05) is 0 Å². The van der Waals surface area contributed by atoms with E-state index >= 15 is 0 Å². The molecule has 3 N–H and O–H groups in total. The average molecular weight is 235 g/mol. The maximum absolute atomic E-state index is 13.3. The minimum absolute atomic E-state index is 0.178. The molecule has 0 aliphatic rings. The van der Waals surface area contributed by atoms with Gasteiger partial charge in [0.15, 0.2) is 5.82 Å². The number of nitrogens with zero attached hydrogens (tertiary/aromatic N) is 3. The number of H-pyrrole nitrogens is 1. The normalized spacial score (nSPS) is 10.4. The van der Waals surface area contributed by atoms with Crippen molar-refractivity contribution in [3.8, 4) is 11.4 Å². The lowest BCUT2D eigenvalue weighted by Gasteiger charge is -2.02. The highest BCUT2D eigenvalue weighted by Gasteiger charge is 2.07. The van der Waals surface area contributed by atoms with Gasteiger partial charge in [-0.05, 0) is 40.6 Å². The second-order valence-corrected chi connectivity index (χ2v) is 3.56. The molecule has 0 bridgehead atoms. The molecule has 2 rings (SSSR count). The number of nitrogens with two attached hydrogens (primary N) is 1. The molecule has 0 aliphatic heterocycles. The zero-order valence-electron chi connectivity index (χ0n) is 8.85. The van der Waals surface area contributed by atoms with Gasteiger partial charge in [-0.2, -0.15) is 0 Å². The SMILES string of the molecule is NC(=O)CCc1cc(F)cc(-c2nnn[nH]2)c1. The van der Waals surface area contributed by atoms with Crippen LogP contribution in [-0.2, 0) is 11.2 Å². The molecular formula is C10H10FN5O. The van der Waals surface area contributed by atoms with Crippen LogP contribution in [0.25, 0.3) is 11.4 Å². The van der Waals surface area contributed by atoms with Crippen molar-refractivity contribution >= 4 is 5.91 Å². The van der Waals surface area contributed by atoms with Crippen molar-refractivity contribution in [1.82, 2.24) is 20.6 Å². The highest BCUT2D eigenvalue weighted by molar-refractivity contribution is 5.74. The van der Waals surface area contributed by atoms with Gasteiger partial charge in [0.2, 0.25) is 5.91 Å². The van der Waals surface area contributed by atoms with Gasteiger partial charge in [-0.15, -0.1) is 5.10 Å². The van der Waals surface area contributed by atoms with E-state index in [0.717, 1.165) is 0 Å². The smallest absolute Gasteiger partial charge is 0.217 e. The first-order chi connectivity index (χ1) is 8.15. The predicted molar refractivity (Wildman–Crippen MR) is 57.1 cm³/mol. The van der Waals surface area contributed by atoms with Gasteiger partial charge in [-0.25, -0.2) is 9.49 Å². The number of benzene rings is 1. The Bertz CT molecular complexity index is 525. The van der Waals surface area contributed by atoms with E-state index in [1.165, 1.54) is 12.1 Å². The Morgan fingerprint density at radius 2 is 2.24 bits per heavy atom. The maximum atomic E-state index is 13.3. The first-order valence-corrected chi connectivity index (χ1v) is 4.97. The van der Waals surface area contributed by atoms with Crippen LogP contribution in [0.3, 0.4) is 0 Å². The number of hydrogen-bond donors (Lipinski definition) is 2. The van der Waals surface area contributed by atoms with E-state index < -0.39 is 11.7 Å². The van der Waals surface area contributed by atoms with Crippen molar-refractivity contribution in [1.29, 1.82) is 0 Å². The Morgan fingerprint density at radius 1 is 1.41 bits per heavy atom.